The topological polar surface area (TPSA) is 121 Å². The van der Waals surface area contributed by atoms with Crippen molar-refractivity contribution in [3.63, 3.8) is 0 Å². The highest BCUT2D eigenvalue weighted by atomic mass is 79.9. The summed E-state index contributed by atoms with van der Waals surface area (Å²) in [4.78, 5) is 29.8. The number of nitrogens with one attached hydrogen (secondary N) is 1. The van der Waals surface area contributed by atoms with E-state index in [0.29, 0.717) is 28.1 Å². The van der Waals surface area contributed by atoms with Crippen molar-refractivity contribution in [1.82, 2.24) is 29.9 Å². The van der Waals surface area contributed by atoms with Gasteiger partial charge in [0.15, 0.2) is 21.6 Å². The highest BCUT2D eigenvalue weighted by Crippen LogP contribution is 2.37. The zero-order valence-corrected chi connectivity index (χ0v) is 25.3. The predicted octanol–water partition coefficient (Wildman–Crippen LogP) is 8.49. The highest BCUT2D eigenvalue weighted by Gasteiger charge is 2.24. The summed E-state index contributed by atoms with van der Waals surface area (Å²) >= 11 is 26.4. The van der Waals surface area contributed by atoms with Crippen LogP contribution in [0.5, 0.6) is 0 Å². The highest BCUT2D eigenvalue weighted by molar-refractivity contribution is 9.08. The zero-order valence-electron chi connectivity index (χ0n) is 20.7. The molecule has 1 atom stereocenters. The number of benzene rings is 2. The fourth-order valence-electron chi connectivity index (χ4n) is 3.58. The maximum atomic E-state index is 8.79. The first-order chi connectivity index (χ1) is 19.8. The molecule has 1 aliphatic heterocycles. The van der Waals surface area contributed by atoms with Gasteiger partial charge < -0.3 is 4.98 Å². The number of aliphatic imine (C=N–C) groups is 1. The largest absolute Gasteiger partial charge is 0.341 e. The number of aromatic amines is 1. The van der Waals surface area contributed by atoms with E-state index >= 15 is 0 Å². The third-order valence-corrected chi connectivity index (χ3v) is 7.07. The summed E-state index contributed by atoms with van der Waals surface area (Å²) in [6.07, 6.45) is 4.02. The van der Waals surface area contributed by atoms with Crippen LogP contribution in [0.25, 0.3) is 16.0 Å². The minimum Gasteiger partial charge on any atom is -0.341 e. The maximum Gasteiger partial charge on any atom is 0.225 e. The maximum absolute atomic E-state index is 8.79. The lowest BCUT2D eigenvalue weighted by molar-refractivity contribution is 0.864. The average Bonchev–Trinajstić information content (AvgIpc) is 3.62. The standard InChI is InChI=1S/C14H8Cl2N4.C8H6BrN.C5H2Cl2N4/c15-13-12-11(19-14(16)20-13)10(7-18-12)5-8-1-3-9(6-17)4-2-8;1-10-8-4-2-7(6-9)3-5-8;6-3-2-4(9-1-8-2)11-5(7)10-3/h1-4,7,10H,5H2;2-5H,6H2;1H,(H,8,9,10,11). The molecule has 3 aromatic heterocycles. The molecule has 0 aliphatic carbocycles. The van der Waals surface area contributed by atoms with Crippen LogP contribution >= 0.6 is 62.3 Å². The molecule has 14 heteroatoms. The summed E-state index contributed by atoms with van der Waals surface area (Å²) in [6.45, 7) is 6.68. The number of nitriles is 1. The molecule has 0 saturated heterocycles. The first kappa shape index (κ1) is 30.3. The van der Waals surface area contributed by atoms with Gasteiger partial charge in [-0.05, 0) is 52.9 Å². The van der Waals surface area contributed by atoms with E-state index in [2.05, 4.69) is 61.7 Å². The molecule has 0 spiro atoms. The molecule has 5 aromatic rings. The molecule has 1 N–H and O–H groups in total. The van der Waals surface area contributed by atoms with Gasteiger partial charge in [-0.25, -0.2) is 24.8 Å². The van der Waals surface area contributed by atoms with Crippen LogP contribution in [0.1, 0.15) is 28.3 Å². The first-order valence-corrected chi connectivity index (χ1v) is 14.2. The van der Waals surface area contributed by atoms with Gasteiger partial charge in [0.25, 0.3) is 0 Å². The van der Waals surface area contributed by atoms with Crippen molar-refractivity contribution in [2.45, 2.75) is 17.7 Å². The number of H-pyrrole nitrogens is 1. The minimum absolute atomic E-state index is 0.0240. The van der Waals surface area contributed by atoms with Crippen molar-refractivity contribution in [3.05, 3.63) is 110 Å². The van der Waals surface area contributed by atoms with E-state index in [1.165, 1.54) is 11.9 Å². The van der Waals surface area contributed by atoms with Gasteiger partial charge in [-0.1, -0.05) is 75.5 Å². The molecular weight excluding hydrogens is 672 g/mol. The lowest BCUT2D eigenvalue weighted by Crippen LogP contribution is -2.04. The molecule has 1 aliphatic rings. The van der Waals surface area contributed by atoms with Crippen LogP contribution in [-0.2, 0) is 11.8 Å². The second-order valence-electron chi connectivity index (χ2n) is 8.21. The lowest BCUT2D eigenvalue weighted by Gasteiger charge is -2.09. The van der Waals surface area contributed by atoms with Crippen LogP contribution in [0.2, 0.25) is 20.9 Å². The van der Waals surface area contributed by atoms with Crippen molar-refractivity contribution < 1.29 is 0 Å². The summed E-state index contributed by atoms with van der Waals surface area (Å²) in [6, 6.07) is 17.1. The lowest BCUT2D eigenvalue weighted by atomic mass is 9.97. The second kappa shape index (κ2) is 14.3. The van der Waals surface area contributed by atoms with E-state index in [4.69, 9.17) is 58.2 Å². The van der Waals surface area contributed by atoms with E-state index in [1.54, 1.807) is 18.3 Å². The van der Waals surface area contributed by atoms with Crippen molar-refractivity contribution in [2.75, 3.05) is 0 Å². The normalized spacial score (nSPS) is 12.8. The minimum atomic E-state index is 0.0240. The molecule has 0 saturated carbocycles. The second-order valence-corrected chi connectivity index (χ2v) is 10.2. The SMILES string of the molecule is Clc1nc(Cl)c2[nH]cnc2n1.N#Cc1ccc(CC2C=Nc3c(Cl)nc(Cl)nc32)cc1.[C-]#[N+]c1ccc(CBr)cc1. The van der Waals surface area contributed by atoms with Crippen LogP contribution in [0.4, 0.5) is 11.4 Å². The third kappa shape index (κ3) is 7.98. The van der Waals surface area contributed by atoms with Gasteiger partial charge in [0.1, 0.15) is 11.2 Å². The van der Waals surface area contributed by atoms with Gasteiger partial charge in [0, 0.05) is 17.5 Å². The number of hydrogen-bond donors (Lipinski definition) is 1. The van der Waals surface area contributed by atoms with Crippen LogP contribution < -0.4 is 0 Å². The molecule has 4 heterocycles. The Morgan fingerprint density at radius 3 is 2.22 bits per heavy atom. The number of aromatic nitrogens is 6. The Hall–Kier alpha value is -3.64. The van der Waals surface area contributed by atoms with Gasteiger partial charge in [0.2, 0.25) is 10.6 Å². The van der Waals surface area contributed by atoms with Gasteiger partial charge >= 0.3 is 0 Å². The van der Waals surface area contributed by atoms with Crippen molar-refractivity contribution in [3.8, 4) is 6.07 Å². The number of imidazole rings is 1. The van der Waals surface area contributed by atoms with Gasteiger partial charge in [-0.15, -0.1) is 0 Å². The Morgan fingerprint density at radius 1 is 0.902 bits per heavy atom. The van der Waals surface area contributed by atoms with Crippen molar-refractivity contribution >= 4 is 91.1 Å². The molecule has 6 rings (SSSR count). The molecule has 204 valence electrons. The summed E-state index contributed by atoms with van der Waals surface area (Å²) in [5, 5.41) is 10.4. The van der Waals surface area contributed by atoms with Crippen molar-refractivity contribution in [1.29, 1.82) is 5.26 Å². The van der Waals surface area contributed by atoms with Gasteiger partial charge in [-0.3, -0.25) is 4.99 Å². The van der Waals surface area contributed by atoms with Crippen LogP contribution in [-0.4, -0.2) is 36.1 Å². The Morgan fingerprint density at radius 2 is 1.56 bits per heavy atom. The zero-order chi connectivity index (χ0) is 29.4. The molecule has 0 amide bonds. The Labute approximate surface area is 263 Å². The third-order valence-electron chi connectivity index (χ3n) is 5.55. The van der Waals surface area contributed by atoms with Gasteiger partial charge in [-0.2, -0.15) is 10.2 Å². The van der Waals surface area contributed by atoms with E-state index < -0.39 is 0 Å². The molecule has 1 unspecified atom stereocenters. The Kier molecular flexibility index (Phi) is 10.6. The predicted molar refractivity (Wildman–Crippen MR) is 165 cm³/mol. The number of nitrogens with zero attached hydrogens (tertiary/aromatic N) is 8. The molecular formula is C27H16BrCl4N9. The van der Waals surface area contributed by atoms with Crippen LogP contribution in [0.3, 0.4) is 0 Å². The van der Waals surface area contributed by atoms with E-state index in [1.807, 2.05) is 36.4 Å². The van der Waals surface area contributed by atoms with E-state index in [9.17, 15) is 0 Å². The Bertz CT molecular complexity index is 1780. The Balaban J connectivity index is 0.000000156. The monoisotopic (exact) mass is 685 g/mol. The van der Waals surface area contributed by atoms with E-state index in [-0.39, 0.29) is 26.8 Å². The van der Waals surface area contributed by atoms with Crippen molar-refractivity contribution in [2.24, 2.45) is 4.99 Å². The first-order valence-electron chi connectivity index (χ1n) is 11.6. The summed E-state index contributed by atoms with van der Waals surface area (Å²) in [5.41, 5.74) is 6.07. The molecule has 9 nitrogen and oxygen atoms in total. The summed E-state index contributed by atoms with van der Waals surface area (Å²) in [7, 11) is 0. The van der Waals surface area contributed by atoms with E-state index in [0.717, 1.165) is 23.0 Å². The number of halogens is 5. The van der Waals surface area contributed by atoms with Crippen LogP contribution in [0.15, 0.2) is 59.9 Å². The quantitative estimate of drug-likeness (QED) is 0.0879. The number of rotatable bonds is 3. The molecule has 2 aromatic carbocycles. The number of hydrogen-bond acceptors (Lipinski definition) is 7. The fourth-order valence-corrected chi connectivity index (χ4v) is 4.83. The molecule has 0 fully saturated rings. The summed E-state index contributed by atoms with van der Waals surface area (Å²) < 4.78 is 0. The average molecular weight is 688 g/mol. The molecule has 0 bridgehead atoms. The molecule has 0 radical (unpaired) electrons. The van der Waals surface area contributed by atoms with Gasteiger partial charge in [0.05, 0.1) is 30.2 Å². The molecule has 41 heavy (non-hydrogen) atoms. The van der Waals surface area contributed by atoms with Crippen LogP contribution in [0, 0.1) is 17.9 Å². The number of fused-ring (bicyclic) bond motifs is 2. The smallest absolute Gasteiger partial charge is 0.225 e. The number of alkyl halides is 1. The summed E-state index contributed by atoms with van der Waals surface area (Å²) in [5.74, 6) is 0.0240. The fraction of sp³-hybridized carbons (Fsp3) is 0.111.